The van der Waals surface area contributed by atoms with E-state index in [2.05, 4.69) is 26.1 Å². The molecule has 1 aromatic heterocycles. The molecule has 0 aliphatic heterocycles. The first-order valence-electron chi connectivity index (χ1n) is 3.92. The van der Waals surface area contributed by atoms with Gasteiger partial charge in [-0.2, -0.15) is 0 Å². The van der Waals surface area contributed by atoms with E-state index in [0.29, 0.717) is 21.8 Å². The smallest absolute Gasteiger partial charge is 0.285 e. The zero-order valence-electron chi connectivity index (χ0n) is 7.29. The Morgan fingerprint density at radius 3 is 2.71 bits per heavy atom. The average Bonchev–Trinajstić information content (AvgIpc) is 2.57. The van der Waals surface area contributed by atoms with Crippen LogP contribution in [0.25, 0.3) is 11.5 Å². The van der Waals surface area contributed by atoms with Crippen molar-refractivity contribution in [1.29, 1.82) is 0 Å². The molecule has 0 atom stereocenters. The molecule has 0 bridgehead atoms. The van der Waals surface area contributed by atoms with Gasteiger partial charge in [-0.1, -0.05) is 0 Å². The molecular formula is C9H6BrFN2O. The molecule has 0 saturated heterocycles. The number of benzene rings is 1. The second kappa shape index (κ2) is 3.49. The number of nitrogens with zero attached hydrogens (tertiary/aromatic N) is 2. The summed E-state index contributed by atoms with van der Waals surface area (Å²) in [7, 11) is 0. The monoisotopic (exact) mass is 256 g/mol. The van der Waals surface area contributed by atoms with E-state index in [1.165, 1.54) is 6.07 Å². The molecule has 3 nitrogen and oxygen atoms in total. The van der Waals surface area contributed by atoms with E-state index >= 15 is 0 Å². The van der Waals surface area contributed by atoms with Crippen molar-refractivity contribution in [2.75, 3.05) is 0 Å². The summed E-state index contributed by atoms with van der Waals surface area (Å²) >= 11 is 3.05. The summed E-state index contributed by atoms with van der Waals surface area (Å²) < 4.78 is 18.1. The normalized spacial score (nSPS) is 10.5. The Labute approximate surface area is 88.1 Å². The fourth-order valence-corrected chi connectivity index (χ4v) is 1.33. The zero-order valence-corrected chi connectivity index (χ0v) is 8.88. The molecule has 72 valence electrons. The number of rotatable bonds is 1. The summed E-state index contributed by atoms with van der Waals surface area (Å²) in [5.41, 5.74) is 1.26. The van der Waals surface area contributed by atoms with E-state index in [9.17, 15) is 4.39 Å². The van der Waals surface area contributed by atoms with E-state index in [4.69, 9.17) is 4.42 Å². The highest BCUT2D eigenvalue weighted by atomic mass is 79.9. The van der Waals surface area contributed by atoms with Crippen LogP contribution in [0.2, 0.25) is 0 Å². The largest absolute Gasteiger partial charge is 0.411 e. The van der Waals surface area contributed by atoms with Crippen molar-refractivity contribution < 1.29 is 8.81 Å². The van der Waals surface area contributed by atoms with Gasteiger partial charge in [-0.3, -0.25) is 0 Å². The minimum Gasteiger partial charge on any atom is -0.411 e. The number of halogens is 2. The van der Waals surface area contributed by atoms with Crippen molar-refractivity contribution in [3.8, 4) is 11.5 Å². The van der Waals surface area contributed by atoms with Crippen LogP contribution in [0.4, 0.5) is 4.39 Å². The summed E-state index contributed by atoms with van der Waals surface area (Å²) in [5.74, 6) is 0.132. The lowest BCUT2D eigenvalue weighted by Crippen LogP contribution is -1.84. The van der Waals surface area contributed by atoms with Crippen molar-refractivity contribution in [2.45, 2.75) is 6.92 Å². The number of aromatic nitrogens is 2. The van der Waals surface area contributed by atoms with Gasteiger partial charge in [0.2, 0.25) is 5.89 Å². The van der Waals surface area contributed by atoms with Gasteiger partial charge in [0.05, 0.1) is 0 Å². The highest BCUT2D eigenvalue weighted by molar-refractivity contribution is 9.10. The van der Waals surface area contributed by atoms with Crippen LogP contribution in [-0.2, 0) is 0 Å². The van der Waals surface area contributed by atoms with Crippen molar-refractivity contribution in [3.05, 3.63) is 34.4 Å². The highest BCUT2D eigenvalue weighted by Crippen LogP contribution is 2.21. The SMILES string of the molecule is Cc1cc(-c2nnc(Br)o2)ccc1F. The van der Waals surface area contributed by atoms with Crippen LogP contribution in [0.1, 0.15) is 5.56 Å². The molecular weight excluding hydrogens is 251 g/mol. The van der Waals surface area contributed by atoms with E-state index in [1.54, 1.807) is 19.1 Å². The summed E-state index contributed by atoms with van der Waals surface area (Å²) in [6.45, 7) is 1.68. The Hall–Kier alpha value is -1.23. The van der Waals surface area contributed by atoms with E-state index in [0.717, 1.165) is 0 Å². The van der Waals surface area contributed by atoms with Gasteiger partial charge in [0.25, 0.3) is 4.80 Å². The van der Waals surface area contributed by atoms with Crippen molar-refractivity contribution >= 4 is 15.9 Å². The van der Waals surface area contributed by atoms with Gasteiger partial charge in [0, 0.05) is 21.5 Å². The van der Waals surface area contributed by atoms with Gasteiger partial charge in [-0.25, -0.2) is 4.39 Å². The molecule has 0 aliphatic rings. The lowest BCUT2D eigenvalue weighted by Gasteiger charge is -1.97. The highest BCUT2D eigenvalue weighted by Gasteiger charge is 2.07. The molecule has 0 radical (unpaired) electrons. The van der Waals surface area contributed by atoms with Crippen LogP contribution in [0.5, 0.6) is 0 Å². The van der Waals surface area contributed by atoms with Crippen LogP contribution >= 0.6 is 15.9 Å². The molecule has 2 aromatic rings. The van der Waals surface area contributed by atoms with Crippen LogP contribution in [-0.4, -0.2) is 10.2 Å². The maximum absolute atomic E-state index is 12.9. The molecule has 0 spiro atoms. The molecule has 14 heavy (non-hydrogen) atoms. The van der Waals surface area contributed by atoms with Crippen LogP contribution < -0.4 is 0 Å². The zero-order chi connectivity index (χ0) is 10.1. The first-order valence-corrected chi connectivity index (χ1v) is 4.71. The Morgan fingerprint density at radius 1 is 1.36 bits per heavy atom. The minimum absolute atomic E-state index is 0.243. The van der Waals surface area contributed by atoms with Gasteiger partial charge in [0.15, 0.2) is 0 Å². The Bertz CT molecular complexity index is 470. The van der Waals surface area contributed by atoms with Crippen LogP contribution in [0.3, 0.4) is 0 Å². The van der Waals surface area contributed by atoms with Crippen molar-refractivity contribution in [3.63, 3.8) is 0 Å². The third-order valence-corrected chi connectivity index (χ3v) is 2.13. The van der Waals surface area contributed by atoms with E-state index in [-0.39, 0.29) is 5.82 Å². The predicted octanol–water partition coefficient (Wildman–Crippen LogP) is 2.95. The van der Waals surface area contributed by atoms with Crippen LogP contribution in [0.15, 0.2) is 27.4 Å². The lowest BCUT2D eigenvalue weighted by molar-refractivity contribution is 0.540. The topological polar surface area (TPSA) is 38.9 Å². The van der Waals surface area contributed by atoms with Gasteiger partial charge in [-0.15, -0.1) is 10.2 Å². The fraction of sp³-hybridized carbons (Fsp3) is 0.111. The predicted molar refractivity (Wildman–Crippen MR) is 52.1 cm³/mol. The average molecular weight is 257 g/mol. The minimum atomic E-state index is -0.243. The van der Waals surface area contributed by atoms with Gasteiger partial charge in [-0.05, 0) is 30.7 Å². The fourth-order valence-electron chi connectivity index (χ4n) is 1.10. The second-order valence-electron chi connectivity index (χ2n) is 2.82. The molecule has 0 unspecified atom stereocenters. The lowest BCUT2D eigenvalue weighted by atomic mass is 10.1. The first-order chi connectivity index (χ1) is 6.66. The molecule has 1 aromatic carbocycles. The quantitative estimate of drug-likeness (QED) is 0.788. The van der Waals surface area contributed by atoms with Gasteiger partial charge >= 0.3 is 0 Å². The van der Waals surface area contributed by atoms with Crippen molar-refractivity contribution in [2.24, 2.45) is 0 Å². The third-order valence-electron chi connectivity index (χ3n) is 1.81. The summed E-state index contributed by atoms with van der Waals surface area (Å²) in [5, 5.41) is 7.42. The maximum atomic E-state index is 12.9. The van der Waals surface area contributed by atoms with Gasteiger partial charge < -0.3 is 4.42 Å². The van der Waals surface area contributed by atoms with Crippen molar-refractivity contribution in [1.82, 2.24) is 10.2 Å². The molecule has 1 heterocycles. The Balaban J connectivity index is 2.47. The first kappa shape index (κ1) is 9.33. The third kappa shape index (κ3) is 1.68. The molecule has 0 aliphatic carbocycles. The molecule has 0 N–H and O–H groups in total. The summed E-state index contributed by atoms with van der Waals surface area (Å²) in [6, 6.07) is 4.64. The maximum Gasteiger partial charge on any atom is 0.285 e. The number of hydrogen-bond donors (Lipinski definition) is 0. The number of hydrogen-bond acceptors (Lipinski definition) is 3. The number of aryl methyl sites for hydroxylation is 1. The summed E-state index contributed by atoms with van der Waals surface area (Å²) in [4.78, 5) is 0.314. The molecule has 2 rings (SSSR count). The molecule has 5 heteroatoms. The summed E-state index contributed by atoms with van der Waals surface area (Å²) in [6.07, 6.45) is 0. The van der Waals surface area contributed by atoms with E-state index in [1.807, 2.05) is 0 Å². The molecule has 0 amide bonds. The Morgan fingerprint density at radius 2 is 2.14 bits per heavy atom. The molecule has 0 saturated carbocycles. The molecule has 0 fully saturated rings. The Kier molecular flexibility index (Phi) is 2.33. The van der Waals surface area contributed by atoms with Crippen LogP contribution in [0, 0.1) is 12.7 Å². The van der Waals surface area contributed by atoms with Gasteiger partial charge in [0.1, 0.15) is 5.82 Å². The van der Waals surface area contributed by atoms with E-state index < -0.39 is 0 Å². The standard InChI is InChI=1S/C9H6BrFN2O/c1-5-4-6(2-3-7(5)11)8-12-13-9(10)14-8/h2-4H,1H3. The second-order valence-corrected chi connectivity index (χ2v) is 3.50.